The largest absolute Gasteiger partial charge is 0.495 e. The number of nitrogens with one attached hydrogen (secondary N) is 3. The van der Waals surface area contributed by atoms with Gasteiger partial charge in [-0.05, 0) is 48.9 Å². The second-order valence-corrected chi connectivity index (χ2v) is 8.58. The fraction of sp³-hybridized carbons (Fsp3) is 0.133. The molecule has 0 bridgehead atoms. The van der Waals surface area contributed by atoms with E-state index in [0.29, 0.717) is 34.2 Å². The quantitative estimate of drug-likeness (QED) is 0.354. The van der Waals surface area contributed by atoms with Crippen molar-refractivity contribution in [3.8, 4) is 17.0 Å². The van der Waals surface area contributed by atoms with Crippen LogP contribution in [0.15, 0.2) is 103 Å². The molecule has 0 saturated carbocycles. The Bertz CT molecular complexity index is 1460. The van der Waals surface area contributed by atoms with Crippen molar-refractivity contribution < 1.29 is 14.3 Å². The van der Waals surface area contributed by atoms with Gasteiger partial charge in [0.25, 0.3) is 5.91 Å². The van der Waals surface area contributed by atoms with Gasteiger partial charge in [-0.3, -0.25) is 14.6 Å². The predicted molar refractivity (Wildman–Crippen MR) is 151 cm³/mol. The van der Waals surface area contributed by atoms with Crippen molar-refractivity contribution in [2.24, 2.45) is 0 Å². The number of hydrogen-bond acceptors (Lipinski definition) is 6. The topological polar surface area (TPSA) is 105 Å². The Hall–Kier alpha value is -4.98. The molecule has 192 valence electrons. The summed E-state index contributed by atoms with van der Waals surface area (Å²) >= 11 is 0. The van der Waals surface area contributed by atoms with E-state index >= 15 is 0 Å². The summed E-state index contributed by atoms with van der Waals surface area (Å²) in [6.45, 7) is 3.46. The molecule has 38 heavy (non-hydrogen) atoms. The number of benzene rings is 2. The van der Waals surface area contributed by atoms with Gasteiger partial charge in [0, 0.05) is 23.7 Å². The fourth-order valence-corrected chi connectivity index (χ4v) is 3.83. The summed E-state index contributed by atoms with van der Waals surface area (Å²) in [5.41, 5.74) is 4.27. The minimum absolute atomic E-state index is 0.110. The molecular formula is C30H29N5O3. The Balaban J connectivity index is 1.47. The number of carbonyl (C=O) groups excluding carboxylic acids is 2. The molecule has 2 amide bonds. The van der Waals surface area contributed by atoms with Crippen LogP contribution in [0.4, 0.5) is 17.2 Å². The van der Waals surface area contributed by atoms with Crippen molar-refractivity contribution in [3.05, 3.63) is 109 Å². The number of ether oxygens (including phenoxy) is 1. The first-order chi connectivity index (χ1) is 18.4. The van der Waals surface area contributed by atoms with Crippen molar-refractivity contribution in [2.45, 2.75) is 19.9 Å². The van der Waals surface area contributed by atoms with E-state index in [9.17, 15) is 9.59 Å². The third-order valence-corrected chi connectivity index (χ3v) is 5.71. The maximum atomic E-state index is 12.7. The van der Waals surface area contributed by atoms with Crippen molar-refractivity contribution in [1.29, 1.82) is 0 Å². The SMILES string of the molecule is COc1cc(-c2cncc(N[C@@H](C)c3cccc(NC(=O)C4=C/C=C/C=C/C=C\4)c3)n2)ccc1NC(C)=O. The molecule has 8 heteroatoms. The van der Waals surface area contributed by atoms with Gasteiger partial charge in [-0.25, -0.2) is 4.98 Å². The summed E-state index contributed by atoms with van der Waals surface area (Å²) in [6, 6.07) is 13.0. The van der Waals surface area contributed by atoms with E-state index < -0.39 is 0 Å². The zero-order chi connectivity index (χ0) is 26.9. The molecule has 1 aliphatic carbocycles. The van der Waals surface area contributed by atoms with Gasteiger partial charge in [-0.15, -0.1) is 0 Å². The number of nitrogens with zero attached hydrogens (tertiary/aromatic N) is 2. The van der Waals surface area contributed by atoms with Crippen molar-refractivity contribution in [2.75, 3.05) is 23.1 Å². The summed E-state index contributed by atoms with van der Waals surface area (Å²) in [7, 11) is 1.55. The lowest BCUT2D eigenvalue weighted by Gasteiger charge is -2.17. The van der Waals surface area contributed by atoms with Crippen molar-refractivity contribution in [3.63, 3.8) is 0 Å². The summed E-state index contributed by atoms with van der Waals surface area (Å²) < 4.78 is 5.43. The number of rotatable bonds is 8. The highest BCUT2D eigenvalue weighted by molar-refractivity contribution is 6.06. The van der Waals surface area contributed by atoms with Crippen LogP contribution in [-0.2, 0) is 9.59 Å². The van der Waals surface area contributed by atoms with Crippen molar-refractivity contribution in [1.82, 2.24) is 9.97 Å². The maximum Gasteiger partial charge on any atom is 0.255 e. The van der Waals surface area contributed by atoms with Crippen LogP contribution in [0.1, 0.15) is 25.5 Å². The normalized spacial score (nSPS) is 17.0. The number of amides is 2. The lowest BCUT2D eigenvalue weighted by molar-refractivity contribution is -0.114. The Morgan fingerprint density at radius 2 is 1.76 bits per heavy atom. The maximum absolute atomic E-state index is 12.7. The summed E-state index contributed by atoms with van der Waals surface area (Å²) in [5.74, 6) is 0.766. The van der Waals surface area contributed by atoms with E-state index in [-0.39, 0.29) is 17.9 Å². The molecule has 3 aromatic rings. The van der Waals surface area contributed by atoms with Gasteiger partial charge >= 0.3 is 0 Å². The van der Waals surface area contributed by atoms with E-state index in [0.717, 1.165) is 11.1 Å². The minimum Gasteiger partial charge on any atom is -0.495 e. The molecule has 1 aliphatic rings. The Kier molecular flexibility index (Phi) is 8.46. The second-order valence-electron chi connectivity index (χ2n) is 8.58. The fourth-order valence-electron chi connectivity index (χ4n) is 3.83. The molecule has 1 atom stereocenters. The Morgan fingerprint density at radius 1 is 0.947 bits per heavy atom. The molecule has 0 radical (unpaired) electrons. The van der Waals surface area contributed by atoms with Gasteiger partial charge < -0.3 is 20.7 Å². The first kappa shape index (κ1) is 26.1. The van der Waals surface area contributed by atoms with Crippen LogP contribution in [0, 0.1) is 0 Å². The van der Waals surface area contributed by atoms with Crippen LogP contribution in [0.5, 0.6) is 5.75 Å². The molecule has 1 aromatic heterocycles. The summed E-state index contributed by atoms with van der Waals surface area (Å²) in [4.78, 5) is 33.2. The lowest BCUT2D eigenvalue weighted by Crippen LogP contribution is -2.14. The molecule has 0 unspecified atom stereocenters. The molecular weight excluding hydrogens is 478 g/mol. The molecule has 0 saturated heterocycles. The van der Waals surface area contributed by atoms with Gasteiger partial charge in [0.2, 0.25) is 5.91 Å². The second kappa shape index (κ2) is 12.3. The van der Waals surface area contributed by atoms with Crippen LogP contribution in [0.3, 0.4) is 0 Å². The minimum atomic E-state index is -0.183. The van der Waals surface area contributed by atoms with Crippen LogP contribution < -0.4 is 20.7 Å². The first-order valence-corrected chi connectivity index (χ1v) is 12.1. The van der Waals surface area contributed by atoms with Gasteiger partial charge in [0.05, 0.1) is 36.9 Å². The molecule has 0 aliphatic heterocycles. The van der Waals surface area contributed by atoms with E-state index in [1.54, 1.807) is 43.8 Å². The molecule has 2 aromatic carbocycles. The van der Waals surface area contributed by atoms with Crippen LogP contribution in [-0.4, -0.2) is 28.9 Å². The third kappa shape index (κ3) is 6.82. The third-order valence-electron chi connectivity index (χ3n) is 5.71. The average Bonchev–Trinajstić information content (AvgIpc) is 2.88. The van der Waals surface area contributed by atoms with Crippen LogP contribution >= 0.6 is 0 Å². The zero-order valence-corrected chi connectivity index (χ0v) is 21.4. The Labute approximate surface area is 221 Å². The highest BCUT2D eigenvalue weighted by Crippen LogP contribution is 2.30. The van der Waals surface area contributed by atoms with Crippen LogP contribution in [0.25, 0.3) is 11.3 Å². The van der Waals surface area contributed by atoms with Gasteiger partial charge in [-0.1, -0.05) is 48.6 Å². The van der Waals surface area contributed by atoms with E-state index in [1.165, 1.54) is 6.92 Å². The number of hydrogen-bond donors (Lipinski definition) is 3. The number of allylic oxidation sites excluding steroid dienone is 6. The number of anilines is 3. The van der Waals surface area contributed by atoms with Gasteiger partial charge in [0.1, 0.15) is 11.6 Å². The summed E-state index contributed by atoms with van der Waals surface area (Å²) in [5, 5.41) is 9.09. The first-order valence-electron chi connectivity index (χ1n) is 12.1. The summed E-state index contributed by atoms with van der Waals surface area (Å²) in [6.07, 6.45) is 16.2. The molecule has 0 fully saturated rings. The van der Waals surface area contributed by atoms with Gasteiger partial charge in [-0.2, -0.15) is 0 Å². The molecule has 1 heterocycles. The highest BCUT2D eigenvalue weighted by atomic mass is 16.5. The molecule has 0 spiro atoms. The highest BCUT2D eigenvalue weighted by Gasteiger charge is 2.12. The van der Waals surface area contributed by atoms with E-state index in [4.69, 9.17) is 9.72 Å². The van der Waals surface area contributed by atoms with E-state index in [1.807, 2.05) is 67.6 Å². The standard InChI is InChI=1S/C30H29N5O3/c1-20(23-12-9-13-25(16-23)34-30(37)22-10-7-5-4-6-8-11-22)32-29-19-31-18-27(35-29)24-14-15-26(33-21(2)36)28(17-24)38-3/h4-20H,1-3H3,(H,32,35)(H,33,36)(H,34,37)/b5-4+,6-4?,7-5?,8-6+,10-7-,11-8?,22-10?,22-11+/t20-/m0/s1. The number of aromatic nitrogens is 2. The average molecular weight is 508 g/mol. The molecule has 3 N–H and O–H groups in total. The Morgan fingerprint density at radius 3 is 2.58 bits per heavy atom. The van der Waals surface area contributed by atoms with E-state index in [2.05, 4.69) is 20.9 Å². The zero-order valence-electron chi connectivity index (χ0n) is 21.4. The monoisotopic (exact) mass is 507 g/mol. The lowest BCUT2D eigenvalue weighted by atomic mass is 10.1. The van der Waals surface area contributed by atoms with Gasteiger partial charge in [0.15, 0.2) is 0 Å². The van der Waals surface area contributed by atoms with Crippen LogP contribution in [0.2, 0.25) is 0 Å². The number of methoxy groups -OCH3 is 1. The number of carbonyl (C=O) groups is 2. The molecule has 8 nitrogen and oxygen atoms in total. The smallest absolute Gasteiger partial charge is 0.255 e. The molecule has 4 rings (SSSR count). The predicted octanol–water partition coefficient (Wildman–Crippen LogP) is 5.83. The van der Waals surface area contributed by atoms with Crippen molar-refractivity contribution >= 4 is 29.0 Å².